The summed E-state index contributed by atoms with van der Waals surface area (Å²) in [6.45, 7) is 9.34. The monoisotopic (exact) mass is 262 g/mol. The first-order chi connectivity index (χ1) is 8.77. The van der Waals surface area contributed by atoms with Gasteiger partial charge in [0.2, 0.25) is 0 Å². The van der Waals surface area contributed by atoms with Crippen molar-refractivity contribution in [2.24, 2.45) is 5.41 Å². The van der Waals surface area contributed by atoms with Crippen molar-refractivity contribution in [2.75, 3.05) is 12.8 Å². The summed E-state index contributed by atoms with van der Waals surface area (Å²) in [6, 6.07) is 2.05. The van der Waals surface area contributed by atoms with Crippen LogP contribution >= 0.6 is 0 Å². The van der Waals surface area contributed by atoms with E-state index >= 15 is 0 Å². The van der Waals surface area contributed by atoms with E-state index in [1.807, 2.05) is 12.3 Å². The summed E-state index contributed by atoms with van der Waals surface area (Å²) in [4.78, 5) is 4.26. The molecule has 19 heavy (non-hydrogen) atoms. The van der Waals surface area contributed by atoms with Gasteiger partial charge in [0, 0.05) is 18.9 Å². The Morgan fingerprint density at radius 1 is 1.42 bits per heavy atom. The Morgan fingerprint density at radius 3 is 2.63 bits per heavy atom. The molecule has 0 saturated carbocycles. The molecule has 1 fully saturated rings. The minimum atomic E-state index is -0.138. The smallest absolute Gasteiger partial charge is 0.329 e. The molecule has 0 unspecified atom stereocenters. The van der Waals surface area contributed by atoms with Crippen molar-refractivity contribution in [2.45, 2.75) is 46.2 Å². The van der Waals surface area contributed by atoms with Crippen LogP contribution in [-0.4, -0.2) is 24.6 Å². The van der Waals surface area contributed by atoms with Crippen molar-refractivity contribution in [1.82, 2.24) is 4.98 Å². The minimum absolute atomic E-state index is 0.0775. The van der Waals surface area contributed by atoms with Crippen LogP contribution in [0.1, 0.15) is 33.3 Å². The number of nitrogens with two attached hydrogens (primary N) is 1. The molecule has 0 radical (unpaired) electrons. The first-order valence-corrected chi connectivity index (χ1v) is 6.68. The van der Waals surface area contributed by atoms with E-state index in [2.05, 4.69) is 32.7 Å². The third-order valence-corrected chi connectivity index (χ3v) is 4.46. The molecule has 4 nitrogen and oxygen atoms in total. The largest absolute Gasteiger partial charge is 0.425 e. The van der Waals surface area contributed by atoms with E-state index in [1.165, 1.54) is 0 Å². The number of hydrogen-bond donors (Lipinski definition) is 1. The molecule has 5 heteroatoms. The lowest BCUT2D eigenvalue weighted by molar-refractivity contribution is 0.0375. The average molecular weight is 262 g/mol. The van der Waals surface area contributed by atoms with Gasteiger partial charge in [0.25, 0.3) is 0 Å². The number of anilines is 1. The van der Waals surface area contributed by atoms with Gasteiger partial charge in [0.05, 0.1) is 12.2 Å². The van der Waals surface area contributed by atoms with Crippen LogP contribution in [0, 0.1) is 5.41 Å². The molecule has 0 amide bonds. The number of nitrogen functional groups attached to an aromatic ring is 1. The van der Waals surface area contributed by atoms with E-state index in [-0.39, 0.29) is 17.9 Å². The lowest BCUT2D eigenvalue weighted by atomic mass is 9.54. The maximum atomic E-state index is 6.20. The molecule has 2 heterocycles. The Kier molecular flexibility index (Phi) is 3.62. The maximum Gasteiger partial charge on any atom is 0.329 e. The van der Waals surface area contributed by atoms with Crippen LogP contribution < -0.4 is 11.2 Å². The van der Waals surface area contributed by atoms with E-state index in [0.717, 1.165) is 17.3 Å². The highest BCUT2D eigenvalue weighted by Crippen LogP contribution is 2.45. The van der Waals surface area contributed by atoms with E-state index < -0.39 is 0 Å². The fraction of sp³-hybridized carbons (Fsp3) is 0.643. The van der Waals surface area contributed by atoms with Gasteiger partial charge in [-0.3, -0.25) is 0 Å². The van der Waals surface area contributed by atoms with E-state index in [1.54, 1.807) is 7.11 Å². The number of hydrogen-bond acceptors (Lipinski definition) is 4. The second kappa shape index (κ2) is 4.80. The normalized spacial score (nSPS) is 20.8. The third kappa shape index (κ3) is 2.62. The summed E-state index contributed by atoms with van der Waals surface area (Å²) in [7, 11) is 1.66. The Hall–Kier alpha value is -1.07. The van der Waals surface area contributed by atoms with Gasteiger partial charge in [0.15, 0.2) is 0 Å². The highest BCUT2D eigenvalue weighted by Gasteiger charge is 2.49. The van der Waals surface area contributed by atoms with Crippen LogP contribution in [0.2, 0.25) is 6.32 Å². The van der Waals surface area contributed by atoms with Crippen molar-refractivity contribution >= 4 is 18.2 Å². The Bertz CT molecular complexity index is 459. The molecule has 0 bridgehead atoms. The van der Waals surface area contributed by atoms with Crippen LogP contribution in [-0.2, 0) is 16.0 Å². The van der Waals surface area contributed by atoms with Gasteiger partial charge >= 0.3 is 6.92 Å². The summed E-state index contributed by atoms with van der Waals surface area (Å²) < 4.78 is 11.3. The molecule has 1 aliphatic heterocycles. The van der Waals surface area contributed by atoms with E-state index in [0.29, 0.717) is 12.4 Å². The SMILES string of the molecule is COCc1cc(B2CC(C)(C)C(C)(C)O2)cnc1N. The Balaban J connectivity index is 2.27. The maximum absolute atomic E-state index is 6.20. The fourth-order valence-corrected chi connectivity index (χ4v) is 2.44. The predicted molar refractivity (Wildman–Crippen MR) is 78.5 cm³/mol. The van der Waals surface area contributed by atoms with E-state index in [9.17, 15) is 0 Å². The van der Waals surface area contributed by atoms with Gasteiger partial charge in [0.1, 0.15) is 5.82 Å². The number of pyridine rings is 1. The standard InChI is InChI=1S/C14H23BN2O2/c1-13(2)9-15(19-14(13,3)4)11-6-10(8-18-5)12(16)17-7-11/h6-7H,8-9H2,1-5H3,(H2,16,17). The average Bonchev–Trinajstić information content (AvgIpc) is 2.51. The molecule has 0 spiro atoms. The van der Waals surface area contributed by atoms with E-state index in [4.69, 9.17) is 15.1 Å². The number of aromatic nitrogens is 1. The van der Waals surface area contributed by atoms with Crippen molar-refractivity contribution < 1.29 is 9.39 Å². The molecule has 1 aliphatic rings. The predicted octanol–water partition coefficient (Wildman–Crippen LogP) is 1.84. The zero-order valence-electron chi connectivity index (χ0n) is 12.5. The molecule has 2 N–H and O–H groups in total. The Morgan fingerprint density at radius 2 is 2.11 bits per heavy atom. The second-order valence-electron chi connectivity index (χ2n) is 6.45. The number of ether oxygens (including phenoxy) is 1. The van der Waals surface area contributed by atoms with Crippen molar-refractivity contribution in [3.8, 4) is 0 Å². The third-order valence-electron chi connectivity index (χ3n) is 4.46. The van der Waals surface area contributed by atoms with Gasteiger partial charge in [-0.2, -0.15) is 0 Å². The van der Waals surface area contributed by atoms with Crippen LogP contribution in [0.4, 0.5) is 5.82 Å². The topological polar surface area (TPSA) is 57.4 Å². The van der Waals surface area contributed by atoms with Crippen molar-refractivity contribution in [1.29, 1.82) is 0 Å². The molecular formula is C14H23BN2O2. The van der Waals surface area contributed by atoms with Crippen molar-refractivity contribution in [3.63, 3.8) is 0 Å². The molecule has 1 aromatic heterocycles. The highest BCUT2D eigenvalue weighted by molar-refractivity contribution is 6.68. The van der Waals surface area contributed by atoms with Gasteiger partial charge in [-0.25, -0.2) is 4.98 Å². The summed E-state index contributed by atoms with van der Waals surface area (Å²) in [5.41, 5.74) is 7.86. The zero-order valence-corrected chi connectivity index (χ0v) is 12.5. The summed E-state index contributed by atoms with van der Waals surface area (Å²) in [6.07, 6.45) is 2.80. The summed E-state index contributed by atoms with van der Waals surface area (Å²) in [5.74, 6) is 0.530. The lowest BCUT2D eigenvalue weighted by Crippen LogP contribution is -2.36. The Labute approximate surface area is 115 Å². The zero-order chi connectivity index (χ0) is 14.3. The highest BCUT2D eigenvalue weighted by atomic mass is 16.5. The molecule has 1 aromatic rings. The molecular weight excluding hydrogens is 239 g/mol. The second-order valence-corrected chi connectivity index (χ2v) is 6.45. The number of rotatable bonds is 3. The molecule has 0 aliphatic carbocycles. The lowest BCUT2D eigenvalue weighted by Gasteiger charge is -2.34. The number of nitrogens with zero attached hydrogens (tertiary/aromatic N) is 1. The van der Waals surface area contributed by atoms with Crippen LogP contribution in [0.5, 0.6) is 0 Å². The first-order valence-electron chi connectivity index (χ1n) is 6.68. The summed E-state index contributed by atoms with van der Waals surface area (Å²) >= 11 is 0. The van der Waals surface area contributed by atoms with Crippen LogP contribution in [0.3, 0.4) is 0 Å². The van der Waals surface area contributed by atoms with Gasteiger partial charge in [-0.05, 0) is 31.0 Å². The van der Waals surface area contributed by atoms with Gasteiger partial charge in [-0.15, -0.1) is 0 Å². The minimum Gasteiger partial charge on any atom is -0.425 e. The van der Waals surface area contributed by atoms with Crippen LogP contribution in [0.15, 0.2) is 12.3 Å². The molecule has 0 aromatic carbocycles. The van der Waals surface area contributed by atoms with Crippen molar-refractivity contribution in [3.05, 3.63) is 17.8 Å². The molecule has 2 rings (SSSR count). The van der Waals surface area contributed by atoms with Crippen LogP contribution in [0.25, 0.3) is 0 Å². The first kappa shape index (κ1) is 14.3. The molecule has 1 saturated heterocycles. The fourth-order valence-electron chi connectivity index (χ4n) is 2.44. The molecule has 0 atom stereocenters. The number of methoxy groups -OCH3 is 1. The summed E-state index contributed by atoms with van der Waals surface area (Å²) in [5, 5.41) is 0. The quantitative estimate of drug-likeness (QED) is 0.844. The van der Waals surface area contributed by atoms with Gasteiger partial charge in [-0.1, -0.05) is 19.9 Å². The van der Waals surface area contributed by atoms with Gasteiger partial charge < -0.3 is 15.1 Å². The molecule has 104 valence electrons.